The molecule has 3 amide bonds. The van der Waals surface area contributed by atoms with E-state index in [4.69, 9.17) is 11.6 Å². The molecule has 0 radical (unpaired) electrons. The molecule has 0 spiro atoms. The molecule has 29 heavy (non-hydrogen) atoms. The second-order valence-electron chi connectivity index (χ2n) is 7.30. The molecule has 0 saturated carbocycles. The number of halogens is 1. The number of aromatic nitrogens is 1. The number of hydrogen-bond acceptors (Lipinski definition) is 4. The van der Waals surface area contributed by atoms with Gasteiger partial charge in [-0.25, -0.2) is 9.78 Å². The van der Waals surface area contributed by atoms with Crippen molar-refractivity contribution in [2.45, 2.75) is 26.3 Å². The number of hydrogen-bond donors (Lipinski definition) is 2. The number of nitrogens with zero attached hydrogens (tertiary/aromatic N) is 3. The molecule has 1 aromatic heterocycles. The maximum Gasteiger partial charge on any atom is 0.319 e. The Hall–Kier alpha value is -2.80. The predicted octanol–water partition coefficient (Wildman–Crippen LogP) is 3.62. The number of rotatable bonds is 4. The first-order valence-electron chi connectivity index (χ1n) is 9.76. The highest BCUT2D eigenvalue weighted by Crippen LogP contribution is 2.18. The number of benzene rings is 1. The largest absolute Gasteiger partial charge is 0.355 e. The molecule has 1 aromatic carbocycles. The van der Waals surface area contributed by atoms with Crippen LogP contribution in [0, 0.1) is 0 Å². The molecule has 0 bridgehead atoms. The standard InChI is InChI=1S/C21H26ClN5O2/c1-15(2)24-21(29)25-18-8-9-19(23-14-18)26-10-3-11-27(13-12-26)20(28)16-4-6-17(22)7-5-16/h4-9,14-15H,3,10-13H2,1-2H3,(H2,24,25,29). The van der Waals surface area contributed by atoms with Crippen molar-refractivity contribution in [1.29, 1.82) is 0 Å². The summed E-state index contributed by atoms with van der Waals surface area (Å²) in [7, 11) is 0. The highest BCUT2D eigenvalue weighted by molar-refractivity contribution is 6.30. The van der Waals surface area contributed by atoms with Crippen LogP contribution in [0.5, 0.6) is 0 Å². The Morgan fingerprint density at radius 1 is 1.03 bits per heavy atom. The fourth-order valence-corrected chi connectivity index (χ4v) is 3.33. The molecule has 8 heteroatoms. The second kappa shape index (κ2) is 9.60. The third-order valence-electron chi connectivity index (χ3n) is 4.62. The predicted molar refractivity (Wildman–Crippen MR) is 116 cm³/mol. The summed E-state index contributed by atoms with van der Waals surface area (Å²) in [5, 5.41) is 6.16. The lowest BCUT2D eigenvalue weighted by molar-refractivity contribution is 0.0767. The van der Waals surface area contributed by atoms with E-state index in [-0.39, 0.29) is 18.0 Å². The van der Waals surface area contributed by atoms with Crippen LogP contribution in [0.4, 0.5) is 16.3 Å². The molecule has 154 valence electrons. The first-order chi connectivity index (χ1) is 13.9. The Balaban J connectivity index is 1.58. The van der Waals surface area contributed by atoms with Gasteiger partial charge in [-0.15, -0.1) is 0 Å². The van der Waals surface area contributed by atoms with Crippen molar-refractivity contribution in [1.82, 2.24) is 15.2 Å². The molecule has 0 unspecified atom stereocenters. The van der Waals surface area contributed by atoms with Gasteiger partial charge in [-0.05, 0) is 56.7 Å². The van der Waals surface area contributed by atoms with E-state index in [2.05, 4.69) is 20.5 Å². The Bertz CT molecular complexity index is 839. The first-order valence-corrected chi connectivity index (χ1v) is 10.1. The minimum absolute atomic E-state index is 0.0205. The van der Waals surface area contributed by atoms with Gasteiger partial charge in [0.25, 0.3) is 5.91 Å². The summed E-state index contributed by atoms with van der Waals surface area (Å²) in [6.07, 6.45) is 2.51. The zero-order chi connectivity index (χ0) is 20.8. The average molecular weight is 416 g/mol. The minimum Gasteiger partial charge on any atom is -0.355 e. The third kappa shape index (κ3) is 5.84. The molecule has 7 nitrogen and oxygen atoms in total. The van der Waals surface area contributed by atoms with E-state index in [1.54, 1.807) is 30.5 Å². The van der Waals surface area contributed by atoms with Crippen molar-refractivity contribution < 1.29 is 9.59 Å². The van der Waals surface area contributed by atoms with Gasteiger partial charge in [-0.1, -0.05) is 11.6 Å². The summed E-state index contributed by atoms with van der Waals surface area (Å²) in [5.41, 5.74) is 1.29. The number of carbonyl (C=O) groups is 2. The normalized spacial score (nSPS) is 14.5. The van der Waals surface area contributed by atoms with Crippen LogP contribution in [0.15, 0.2) is 42.6 Å². The van der Waals surface area contributed by atoms with Gasteiger partial charge in [0.2, 0.25) is 0 Å². The van der Waals surface area contributed by atoms with E-state index in [1.165, 1.54) is 0 Å². The number of nitrogens with one attached hydrogen (secondary N) is 2. The molecule has 1 aliphatic rings. The molecular formula is C21H26ClN5O2. The number of pyridine rings is 1. The van der Waals surface area contributed by atoms with Crippen LogP contribution in [-0.4, -0.2) is 54.0 Å². The quantitative estimate of drug-likeness (QED) is 0.799. The van der Waals surface area contributed by atoms with Gasteiger partial charge in [-0.3, -0.25) is 4.79 Å². The molecule has 1 aliphatic heterocycles. The van der Waals surface area contributed by atoms with E-state index in [9.17, 15) is 9.59 Å². The first kappa shape index (κ1) is 20.9. The Morgan fingerprint density at radius 3 is 2.45 bits per heavy atom. The van der Waals surface area contributed by atoms with Crippen LogP contribution >= 0.6 is 11.6 Å². The van der Waals surface area contributed by atoms with Crippen LogP contribution in [0.2, 0.25) is 5.02 Å². The highest BCUT2D eigenvalue weighted by Gasteiger charge is 2.21. The molecule has 0 aliphatic carbocycles. The van der Waals surface area contributed by atoms with Crippen LogP contribution in [0.1, 0.15) is 30.6 Å². The van der Waals surface area contributed by atoms with E-state index in [0.29, 0.717) is 35.9 Å². The molecule has 1 fully saturated rings. The van der Waals surface area contributed by atoms with Crippen LogP contribution < -0.4 is 15.5 Å². The summed E-state index contributed by atoms with van der Waals surface area (Å²) >= 11 is 5.91. The molecule has 1 saturated heterocycles. The Kier molecular flexibility index (Phi) is 6.93. The van der Waals surface area contributed by atoms with Crippen LogP contribution in [0.25, 0.3) is 0 Å². The van der Waals surface area contributed by atoms with Crippen molar-refractivity contribution in [3.05, 3.63) is 53.2 Å². The average Bonchev–Trinajstić information content (AvgIpc) is 2.94. The monoisotopic (exact) mass is 415 g/mol. The second-order valence-corrected chi connectivity index (χ2v) is 7.73. The topological polar surface area (TPSA) is 77.6 Å². The Labute approximate surface area is 176 Å². The zero-order valence-corrected chi connectivity index (χ0v) is 17.4. The van der Waals surface area contributed by atoms with Crippen LogP contribution in [0.3, 0.4) is 0 Å². The van der Waals surface area contributed by atoms with E-state index in [1.807, 2.05) is 30.9 Å². The summed E-state index contributed by atoms with van der Waals surface area (Å²) in [5.74, 6) is 0.854. The van der Waals surface area contributed by atoms with Crippen LogP contribution in [-0.2, 0) is 0 Å². The van der Waals surface area contributed by atoms with E-state index >= 15 is 0 Å². The van der Waals surface area contributed by atoms with E-state index < -0.39 is 0 Å². The molecular weight excluding hydrogens is 390 g/mol. The van der Waals surface area contributed by atoms with Gasteiger partial charge in [0.15, 0.2) is 0 Å². The summed E-state index contributed by atoms with van der Waals surface area (Å²) in [4.78, 5) is 33.0. The lowest BCUT2D eigenvalue weighted by Gasteiger charge is -2.23. The lowest BCUT2D eigenvalue weighted by Crippen LogP contribution is -2.35. The van der Waals surface area contributed by atoms with Crippen molar-refractivity contribution in [2.24, 2.45) is 0 Å². The number of anilines is 2. The SMILES string of the molecule is CC(C)NC(=O)Nc1ccc(N2CCCN(C(=O)c3ccc(Cl)cc3)CC2)nc1. The van der Waals surface area contributed by atoms with Crippen molar-refractivity contribution >= 4 is 35.0 Å². The summed E-state index contributed by atoms with van der Waals surface area (Å²) in [6, 6.07) is 10.5. The molecule has 3 rings (SSSR count). The maximum absolute atomic E-state index is 12.7. The van der Waals surface area contributed by atoms with Gasteiger partial charge in [0, 0.05) is 42.8 Å². The van der Waals surface area contributed by atoms with Gasteiger partial charge in [-0.2, -0.15) is 0 Å². The van der Waals surface area contributed by atoms with Crippen molar-refractivity contribution in [2.75, 3.05) is 36.4 Å². The smallest absolute Gasteiger partial charge is 0.319 e. The Morgan fingerprint density at radius 2 is 1.79 bits per heavy atom. The molecule has 2 heterocycles. The van der Waals surface area contributed by atoms with Gasteiger partial charge >= 0.3 is 6.03 Å². The van der Waals surface area contributed by atoms with Gasteiger partial charge in [0.1, 0.15) is 5.82 Å². The number of carbonyl (C=O) groups excluding carboxylic acids is 2. The molecule has 0 atom stereocenters. The van der Waals surface area contributed by atoms with Gasteiger partial charge < -0.3 is 20.4 Å². The fourth-order valence-electron chi connectivity index (χ4n) is 3.20. The van der Waals surface area contributed by atoms with Crippen molar-refractivity contribution in [3.8, 4) is 0 Å². The summed E-state index contributed by atoms with van der Waals surface area (Å²) < 4.78 is 0. The molecule has 2 N–H and O–H groups in total. The summed E-state index contributed by atoms with van der Waals surface area (Å²) in [6.45, 7) is 6.65. The zero-order valence-electron chi connectivity index (χ0n) is 16.7. The van der Waals surface area contributed by atoms with E-state index in [0.717, 1.165) is 18.8 Å². The maximum atomic E-state index is 12.7. The van der Waals surface area contributed by atoms with Crippen molar-refractivity contribution in [3.63, 3.8) is 0 Å². The third-order valence-corrected chi connectivity index (χ3v) is 4.88. The molecule has 2 aromatic rings. The minimum atomic E-state index is -0.249. The van der Waals surface area contributed by atoms with Gasteiger partial charge in [0.05, 0.1) is 11.9 Å². The number of urea groups is 1. The highest BCUT2D eigenvalue weighted by atomic mass is 35.5. The fraction of sp³-hybridized carbons (Fsp3) is 0.381. The number of amides is 3. The lowest BCUT2D eigenvalue weighted by atomic mass is 10.2.